The highest BCUT2D eigenvalue weighted by molar-refractivity contribution is 5.88. The van der Waals surface area contributed by atoms with E-state index in [0.29, 0.717) is 13.0 Å². The molecule has 0 saturated carbocycles. The Morgan fingerprint density at radius 3 is 2.27 bits per heavy atom. The normalized spacial score (nSPS) is 12.7. The van der Waals surface area contributed by atoms with E-state index in [-0.39, 0.29) is 24.3 Å². The molecule has 0 aliphatic heterocycles. The number of ether oxygens (including phenoxy) is 1. The zero-order chi connectivity index (χ0) is 22.1. The van der Waals surface area contributed by atoms with Gasteiger partial charge in [-0.15, -0.1) is 0 Å². The molecule has 5 nitrogen and oxygen atoms in total. The van der Waals surface area contributed by atoms with Crippen molar-refractivity contribution >= 4 is 11.8 Å². The lowest BCUT2D eigenvalue weighted by Crippen LogP contribution is -2.51. The van der Waals surface area contributed by atoms with Gasteiger partial charge in [0.15, 0.2) is 0 Å². The number of carbonyl (C=O) groups is 2. The molecule has 2 atom stereocenters. The summed E-state index contributed by atoms with van der Waals surface area (Å²) in [5.41, 5.74) is 3.06. The molecule has 5 heteroatoms. The van der Waals surface area contributed by atoms with Crippen molar-refractivity contribution in [3.05, 3.63) is 65.2 Å². The number of methoxy groups -OCH3 is 1. The van der Waals surface area contributed by atoms with Crippen LogP contribution in [0.15, 0.2) is 48.5 Å². The van der Waals surface area contributed by atoms with Crippen LogP contribution in [0.1, 0.15) is 50.3 Å². The number of carbonyl (C=O) groups excluding carboxylic acids is 2. The van der Waals surface area contributed by atoms with Gasteiger partial charge < -0.3 is 15.0 Å². The molecule has 2 amide bonds. The summed E-state index contributed by atoms with van der Waals surface area (Å²) in [4.78, 5) is 28.1. The predicted octanol–water partition coefficient (Wildman–Crippen LogP) is 4.27. The summed E-state index contributed by atoms with van der Waals surface area (Å²) in [5.74, 6) is 0.598. The van der Waals surface area contributed by atoms with Crippen LogP contribution in [-0.2, 0) is 22.6 Å². The number of amides is 2. The first kappa shape index (κ1) is 23.5. The third-order valence-electron chi connectivity index (χ3n) is 5.50. The molecule has 2 aromatic rings. The summed E-state index contributed by atoms with van der Waals surface area (Å²) < 4.78 is 5.20. The maximum Gasteiger partial charge on any atom is 0.243 e. The molecule has 0 bridgehead atoms. The fraction of sp³-hybridized carbons (Fsp3) is 0.440. The van der Waals surface area contributed by atoms with Crippen molar-refractivity contribution in [3.63, 3.8) is 0 Å². The second-order valence-electron chi connectivity index (χ2n) is 7.71. The Balaban J connectivity index is 2.29. The average Bonchev–Trinajstić information content (AvgIpc) is 2.75. The minimum absolute atomic E-state index is 0.0606. The molecule has 0 aliphatic rings. The number of rotatable bonds is 10. The zero-order valence-corrected chi connectivity index (χ0v) is 18.8. The van der Waals surface area contributed by atoms with Gasteiger partial charge in [0.1, 0.15) is 11.8 Å². The van der Waals surface area contributed by atoms with Gasteiger partial charge in [0.05, 0.1) is 13.5 Å². The van der Waals surface area contributed by atoms with Gasteiger partial charge in [0.25, 0.3) is 0 Å². The number of nitrogens with zero attached hydrogens (tertiary/aromatic N) is 1. The maximum absolute atomic E-state index is 13.4. The van der Waals surface area contributed by atoms with Crippen LogP contribution in [0.3, 0.4) is 0 Å². The average molecular weight is 411 g/mol. The summed E-state index contributed by atoms with van der Waals surface area (Å²) in [6.45, 7) is 8.41. The van der Waals surface area contributed by atoms with E-state index in [1.54, 1.807) is 12.0 Å². The first-order chi connectivity index (χ1) is 14.4. The zero-order valence-electron chi connectivity index (χ0n) is 18.8. The van der Waals surface area contributed by atoms with Crippen molar-refractivity contribution in [2.24, 2.45) is 0 Å². The highest BCUT2D eigenvalue weighted by atomic mass is 16.5. The molecule has 0 radical (unpaired) electrons. The van der Waals surface area contributed by atoms with Crippen molar-refractivity contribution < 1.29 is 14.3 Å². The largest absolute Gasteiger partial charge is 0.497 e. The molecule has 2 rings (SSSR count). The second-order valence-corrected chi connectivity index (χ2v) is 7.71. The van der Waals surface area contributed by atoms with Gasteiger partial charge in [0.2, 0.25) is 11.8 Å². The Bertz CT molecular complexity index is 833. The molecule has 0 aliphatic carbocycles. The van der Waals surface area contributed by atoms with E-state index < -0.39 is 6.04 Å². The smallest absolute Gasteiger partial charge is 0.243 e. The Hall–Kier alpha value is -2.82. The fourth-order valence-electron chi connectivity index (χ4n) is 3.35. The van der Waals surface area contributed by atoms with E-state index >= 15 is 0 Å². The van der Waals surface area contributed by atoms with Crippen LogP contribution in [0, 0.1) is 6.92 Å². The van der Waals surface area contributed by atoms with Crippen molar-refractivity contribution in [1.29, 1.82) is 0 Å². The molecule has 162 valence electrons. The van der Waals surface area contributed by atoms with E-state index in [9.17, 15) is 9.59 Å². The predicted molar refractivity (Wildman–Crippen MR) is 120 cm³/mol. The fourth-order valence-corrected chi connectivity index (χ4v) is 3.35. The van der Waals surface area contributed by atoms with Crippen LogP contribution < -0.4 is 10.1 Å². The lowest BCUT2D eigenvalue weighted by Gasteiger charge is -2.32. The molecule has 30 heavy (non-hydrogen) atoms. The topological polar surface area (TPSA) is 58.6 Å². The van der Waals surface area contributed by atoms with Crippen LogP contribution in [0.2, 0.25) is 0 Å². The molecule has 0 fully saturated rings. The van der Waals surface area contributed by atoms with Gasteiger partial charge in [-0.3, -0.25) is 9.59 Å². The Kier molecular flexibility index (Phi) is 8.90. The highest BCUT2D eigenvalue weighted by Crippen LogP contribution is 2.18. The summed E-state index contributed by atoms with van der Waals surface area (Å²) in [6, 6.07) is 15.0. The van der Waals surface area contributed by atoms with Crippen molar-refractivity contribution in [2.75, 3.05) is 7.11 Å². The van der Waals surface area contributed by atoms with E-state index in [2.05, 4.69) is 5.32 Å². The lowest BCUT2D eigenvalue weighted by atomic mass is 10.0. The summed E-state index contributed by atoms with van der Waals surface area (Å²) in [7, 11) is 1.62. The number of hydrogen-bond acceptors (Lipinski definition) is 3. The SMILES string of the molecule is CC[C@@H](C)NC(=O)[C@@H](CC)N(Cc1ccccc1C)C(=O)Cc1ccc(OC)cc1. The number of aryl methyl sites for hydroxylation is 1. The highest BCUT2D eigenvalue weighted by Gasteiger charge is 2.29. The van der Waals surface area contributed by atoms with Crippen molar-refractivity contribution in [2.45, 2.75) is 65.6 Å². The van der Waals surface area contributed by atoms with Crippen LogP contribution >= 0.6 is 0 Å². The summed E-state index contributed by atoms with van der Waals surface area (Å²) in [6.07, 6.45) is 1.64. The molecule has 2 aromatic carbocycles. The molecule has 0 heterocycles. The number of nitrogens with one attached hydrogen (secondary N) is 1. The van der Waals surface area contributed by atoms with Gasteiger partial charge in [-0.1, -0.05) is 50.2 Å². The molecule has 0 saturated heterocycles. The van der Waals surface area contributed by atoms with E-state index in [0.717, 1.165) is 28.9 Å². The van der Waals surface area contributed by atoms with Crippen LogP contribution in [-0.4, -0.2) is 35.9 Å². The minimum Gasteiger partial charge on any atom is -0.497 e. The van der Waals surface area contributed by atoms with Crippen LogP contribution in [0.5, 0.6) is 5.75 Å². The van der Waals surface area contributed by atoms with E-state index in [4.69, 9.17) is 4.74 Å². The van der Waals surface area contributed by atoms with E-state index in [1.807, 2.05) is 76.2 Å². The van der Waals surface area contributed by atoms with E-state index in [1.165, 1.54) is 0 Å². The van der Waals surface area contributed by atoms with Gasteiger partial charge in [-0.25, -0.2) is 0 Å². The molecule has 0 aromatic heterocycles. The molecule has 0 unspecified atom stereocenters. The molecule has 0 spiro atoms. The van der Waals surface area contributed by atoms with Crippen molar-refractivity contribution in [1.82, 2.24) is 10.2 Å². The van der Waals surface area contributed by atoms with Crippen LogP contribution in [0.4, 0.5) is 0 Å². The third kappa shape index (κ3) is 6.34. The standard InChI is InChI=1S/C25H34N2O3/c1-6-19(4)26-25(29)23(7-2)27(17-21-11-9-8-10-18(21)3)24(28)16-20-12-14-22(30-5)15-13-20/h8-15,19,23H,6-7,16-17H2,1-5H3,(H,26,29)/t19-,23-/m1/s1. The van der Waals surface area contributed by atoms with Gasteiger partial charge in [-0.2, -0.15) is 0 Å². The summed E-state index contributed by atoms with van der Waals surface area (Å²) >= 11 is 0. The Morgan fingerprint density at radius 2 is 1.70 bits per heavy atom. The number of hydrogen-bond donors (Lipinski definition) is 1. The Labute approximate surface area is 180 Å². The van der Waals surface area contributed by atoms with Crippen LogP contribution in [0.25, 0.3) is 0 Å². The first-order valence-corrected chi connectivity index (χ1v) is 10.7. The molecular formula is C25H34N2O3. The summed E-state index contributed by atoms with van der Waals surface area (Å²) in [5, 5.41) is 3.05. The van der Waals surface area contributed by atoms with Gasteiger partial charge in [-0.05, 0) is 55.5 Å². The number of benzene rings is 2. The van der Waals surface area contributed by atoms with Gasteiger partial charge >= 0.3 is 0 Å². The molecular weight excluding hydrogens is 376 g/mol. The van der Waals surface area contributed by atoms with Gasteiger partial charge in [0, 0.05) is 12.6 Å². The quantitative estimate of drug-likeness (QED) is 0.636. The maximum atomic E-state index is 13.4. The first-order valence-electron chi connectivity index (χ1n) is 10.7. The minimum atomic E-state index is -0.510. The molecule has 1 N–H and O–H groups in total. The lowest BCUT2D eigenvalue weighted by molar-refractivity contribution is -0.141. The second kappa shape index (κ2) is 11.4. The third-order valence-corrected chi connectivity index (χ3v) is 5.50. The Morgan fingerprint density at radius 1 is 1.03 bits per heavy atom. The van der Waals surface area contributed by atoms with Crippen molar-refractivity contribution in [3.8, 4) is 5.75 Å². The monoisotopic (exact) mass is 410 g/mol.